The van der Waals surface area contributed by atoms with Crippen LogP contribution in [0.2, 0.25) is 0 Å². The molecule has 0 bridgehead atoms. The fourth-order valence-corrected chi connectivity index (χ4v) is 2.18. The molecule has 0 aliphatic carbocycles. The fourth-order valence-electron chi connectivity index (χ4n) is 2.18. The summed E-state index contributed by atoms with van der Waals surface area (Å²) in [4.78, 5) is 21.7. The second kappa shape index (κ2) is 3.94. The minimum absolute atomic E-state index is 0.629. The molecule has 92 valence electrons. The standard InChI is InChI=1S/C13H10N6/c1-2-11-12(15-4-1)17-8-19(11)13-16-7-9-6-14-5-3-10(9)18-13/h1-2,4,6-8H,3,5H2. The molecule has 0 saturated carbocycles. The lowest BCUT2D eigenvalue weighted by Crippen LogP contribution is -2.10. The topological polar surface area (TPSA) is 68.8 Å². The van der Waals surface area contributed by atoms with Crippen LogP contribution in [-0.2, 0) is 6.42 Å². The van der Waals surface area contributed by atoms with Crippen LogP contribution in [0, 0.1) is 0 Å². The first kappa shape index (κ1) is 10.3. The Balaban J connectivity index is 1.90. The minimum atomic E-state index is 0.629. The van der Waals surface area contributed by atoms with Crippen LogP contribution in [0.3, 0.4) is 0 Å². The average molecular weight is 250 g/mol. The smallest absolute Gasteiger partial charge is 0.235 e. The minimum Gasteiger partial charge on any atom is -0.292 e. The van der Waals surface area contributed by atoms with Gasteiger partial charge in [0.05, 0.1) is 11.2 Å². The van der Waals surface area contributed by atoms with E-state index in [2.05, 4.69) is 24.9 Å². The van der Waals surface area contributed by atoms with Crippen LogP contribution in [-0.4, -0.2) is 37.3 Å². The number of pyridine rings is 1. The van der Waals surface area contributed by atoms with Gasteiger partial charge in [0.2, 0.25) is 5.95 Å². The van der Waals surface area contributed by atoms with E-state index in [0.29, 0.717) is 11.6 Å². The first-order valence-electron chi connectivity index (χ1n) is 6.06. The molecule has 0 N–H and O–H groups in total. The molecule has 0 spiro atoms. The van der Waals surface area contributed by atoms with Gasteiger partial charge in [-0.2, -0.15) is 0 Å². The van der Waals surface area contributed by atoms with Crippen molar-refractivity contribution in [3.8, 4) is 5.95 Å². The number of aromatic nitrogens is 5. The third kappa shape index (κ3) is 1.61. The zero-order valence-electron chi connectivity index (χ0n) is 10.1. The Bertz CT molecular complexity index is 789. The second-order valence-corrected chi connectivity index (χ2v) is 4.32. The molecule has 6 heteroatoms. The largest absolute Gasteiger partial charge is 0.292 e. The monoisotopic (exact) mass is 250 g/mol. The number of imidazole rings is 1. The summed E-state index contributed by atoms with van der Waals surface area (Å²) >= 11 is 0. The Kier molecular flexibility index (Phi) is 2.14. The maximum atomic E-state index is 4.60. The predicted octanol–water partition coefficient (Wildman–Crippen LogP) is 1.19. The molecule has 19 heavy (non-hydrogen) atoms. The Morgan fingerprint density at radius 2 is 2.16 bits per heavy atom. The third-order valence-electron chi connectivity index (χ3n) is 3.13. The second-order valence-electron chi connectivity index (χ2n) is 4.32. The van der Waals surface area contributed by atoms with Crippen molar-refractivity contribution in [2.75, 3.05) is 6.54 Å². The van der Waals surface area contributed by atoms with Gasteiger partial charge in [-0.15, -0.1) is 0 Å². The van der Waals surface area contributed by atoms with Gasteiger partial charge in [0.25, 0.3) is 0 Å². The molecule has 0 aromatic carbocycles. The van der Waals surface area contributed by atoms with Crippen molar-refractivity contribution in [1.29, 1.82) is 0 Å². The number of hydrogen-bond acceptors (Lipinski definition) is 5. The molecular formula is C13H10N6. The highest BCUT2D eigenvalue weighted by atomic mass is 15.2. The van der Waals surface area contributed by atoms with E-state index >= 15 is 0 Å². The van der Waals surface area contributed by atoms with Gasteiger partial charge in [0, 0.05) is 37.1 Å². The molecule has 4 rings (SSSR count). The lowest BCUT2D eigenvalue weighted by molar-refractivity contribution is 0.854. The van der Waals surface area contributed by atoms with Crippen molar-refractivity contribution in [2.45, 2.75) is 6.42 Å². The Morgan fingerprint density at radius 3 is 3.16 bits per heavy atom. The summed E-state index contributed by atoms with van der Waals surface area (Å²) < 4.78 is 1.86. The lowest BCUT2D eigenvalue weighted by atomic mass is 10.1. The van der Waals surface area contributed by atoms with E-state index in [1.54, 1.807) is 12.5 Å². The van der Waals surface area contributed by atoms with Gasteiger partial charge in [-0.1, -0.05) is 0 Å². The third-order valence-corrected chi connectivity index (χ3v) is 3.13. The number of aliphatic imine (C=N–C) groups is 1. The van der Waals surface area contributed by atoms with Gasteiger partial charge in [0.15, 0.2) is 5.65 Å². The van der Waals surface area contributed by atoms with Gasteiger partial charge in [-0.25, -0.2) is 19.9 Å². The zero-order chi connectivity index (χ0) is 12.7. The summed E-state index contributed by atoms with van der Waals surface area (Å²) in [6.07, 6.45) is 7.92. The summed E-state index contributed by atoms with van der Waals surface area (Å²) in [7, 11) is 0. The number of rotatable bonds is 1. The van der Waals surface area contributed by atoms with Crippen molar-refractivity contribution in [3.63, 3.8) is 0 Å². The van der Waals surface area contributed by atoms with Crippen LogP contribution in [0.15, 0.2) is 35.8 Å². The first-order chi connectivity index (χ1) is 9.42. The van der Waals surface area contributed by atoms with Gasteiger partial charge in [0.1, 0.15) is 6.33 Å². The quantitative estimate of drug-likeness (QED) is 0.650. The van der Waals surface area contributed by atoms with Crippen LogP contribution in [0.1, 0.15) is 11.3 Å². The summed E-state index contributed by atoms with van der Waals surface area (Å²) in [5.74, 6) is 0.629. The maximum Gasteiger partial charge on any atom is 0.235 e. The van der Waals surface area contributed by atoms with Crippen molar-refractivity contribution >= 4 is 17.4 Å². The SMILES string of the molecule is C1=NCCc2nc(-n3cnc4ncccc43)ncc21. The Morgan fingerprint density at radius 1 is 1.16 bits per heavy atom. The molecule has 0 amide bonds. The van der Waals surface area contributed by atoms with Crippen LogP contribution >= 0.6 is 0 Å². The lowest BCUT2D eigenvalue weighted by Gasteiger charge is -2.10. The summed E-state index contributed by atoms with van der Waals surface area (Å²) in [6, 6.07) is 3.84. The normalized spacial score (nSPS) is 13.7. The maximum absolute atomic E-state index is 4.60. The molecular weight excluding hydrogens is 240 g/mol. The average Bonchev–Trinajstić information content (AvgIpc) is 2.91. The molecule has 1 aliphatic heterocycles. The highest BCUT2D eigenvalue weighted by Gasteiger charge is 2.12. The number of hydrogen-bond donors (Lipinski definition) is 0. The molecule has 0 radical (unpaired) electrons. The predicted molar refractivity (Wildman–Crippen MR) is 70.6 cm³/mol. The molecule has 0 saturated heterocycles. The van der Waals surface area contributed by atoms with E-state index in [9.17, 15) is 0 Å². The van der Waals surface area contributed by atoms with E-state index in [1.165, 1.54) is 0 Å². The van der Waals surface area contributed by atoms with E-state index in [4.69, 9.17) is 0 Å². The van der Waals surface area contributed by atoms with Gasteiger partial charge in [-0.05, 0) is 12.1 Å². The van der Waals surface area contributed by atoms with Gasteiger partial charge < -0.3 is 0 Å². The summed E-state index contributed by atoms with van der Waals surface area (Å²) in [5.41, 5.74) is 3.64. The molecule has 0 atom stereocenters. The first-order valence-corrected chi connectivity index (χ1v) is 6.06. The highest BCUT2D eigenvalue weighted by molar-refractivity contribution is 5.81. The molecule has 0 fully saturated rings. The fraction of sp³-hybridized carbons (Fsp3) is 0.154. The van der Waals surface area contributed by atoms with Crippen molar-refractivity contribution in [3.05, 3.63) is 42.1 Å². The van der Waals surface area contributed by atoms with Crippen molar-refractivity contribution < 1.29 is 0 Å². The molecule has 3 aromatic heterocycles. The van der Waals surface area contributed by atoms with Crippen molar-refractivity contribution in [2.24, 2.45) is 4.99 Å². The molecule has 0 unspecified atom stereocenters. The van der Waals surface area contributed by atoms with Crippen LogP contribution in [0.4, 0.5) is 0 Å². The van der Waals surface area contributed by atoms with E-state index in [0.717, 1.165) is 29.7 Å². The van der Waals surface area contributed by atoms with Gasteiger partial charge >= 0.3 is 0 Å². The number of fused-ring (bicyclic) bond motifs is 2. The van der Waals surface area contributed by atoms with Gasteiger partial charge in [-0.3, -0.25) is 9.56 Å². The molecule has 4 heterocycles. The van der Waals surface area contributed by atoms with E-state index in [-0.39, 0.29) is 0 Å². The Labute approximate surface area is 108 Å². The number of nitrogens with zero attached hydrogens (tertiary/aromatic N) is 6. The molecule has 3 aromatic rings. The Hall–Kier alpha value is -2.63. The highest BCUT2D eigenvalue weighted by Crippen LogP contribution is 2.15. The van der Waals surface area contributed by atoms with Crippen molar-refractivity contribution in [1.82, 2.24) is 24.5 Å². The summed E-state index contributed by atoms with van der Waals surface area (Å²) in [5, 5.41) is 0. The van der Waals surface area contributed by atoms with Crippen LogP contribution < -0.4 is 0 Å². The van der Waals surface area contributed by atoms with Crippen LogP contribution in [0.5, 0.6) is 0 Å². The van der Waals surface area contributed by atoms with Crippen LogP contribution in [0.25, 0.3) is 17.1 Å². The molecule has 1 aliphatic rings. The molecule has 6 nitrogen and oxygen atoms in total. The summed E-state index contributed by atoms with van der Waals surface area (Å²) in [6.45, 7) is 0.787. The van der Waals surface area contributed by atoms with E-state index < -0.39 is 0 Å². The zero-order valence-corrected chi connectivity index (χ0v) is 10.1. The van der Waals surface area contributed by atoms with E-state index in [1.807, 2.05) is 29.1 Å².